The molecule has 4 aromatic rings. The molecule has 2 aromatic carbocycles. The number of aromatic nitrogens is 3. The number of nitrogens with one attached hydrogen (secondary N) is 1. The Kier molecular flexibility index (Phi) is 4.93. The van der Waals surface area contributed by atoms with Gasteiger partial charge in [0.1, 0.15) is 5.82 Å². The number of nitriles is 1. The number of hydrogen-bond acceptors (Lipinski definition) is 6. The van der Waals surface area contributed by atoms with E-state index in [0.29, 0.717) is 16.8 Å². The zero-order valence-electron chi connectivity index (χ0n) is 19.6. The third-order valence-electron chi connectivity index (χ3n) is 7.61. The molecule has 2 fully saturated rings. The number of anilines is 2. The fourth-order valence-corrected chi connectivity index (χ4v) is 5.55. The van der Waals surface area contributed by atoms with Crippen molar-refractivity contribution >= 4 is 28.2 Å². The average Bonchev–Trinajstić information content (AvgIpc) is 3.31. The number of hydrogen-bond donors (Lipinski definition) is 1. The Balaban J connectivity index is 1.37. The van der Waals surface area contributed by atoms with Crippen molar-refractivity contribution in [3.05, 3.63) is 65.5 Å². The van der Waals surface area contributed by atoms with Crippen molar-refractivity contribution in [2.24, 2.45) is 5.41 Å². The molecular formula is C27H28N6O. The minimum atomic E-state index is -0.0143. The van der Waals surface area contributed by atoms with E-state index in [9.17, 15) is 5.26 Å². The van der Waals surface area contributed by atoms with Crippen molar-refractivity contribution in [2.75, 3.05) is 36.5 Å². The lowest BCUT2D eigenvalue weighted by molar-refractivity contribution is -0.000183. The Labute approximate surface area is 199 Å². The van der Waals surface area contributed by atoms with Gasteiger partial charge in [-0.25, -0.2) is 4.98 Å². The normalized spacial score (nSPS) is 18.1. The van der Waals surface area contributed by atoms with Crippen LogP contribution >= 0.6 is 0 Å². The predicted molar refractivity (Wildman–Crippen MR) is 133 cm³/mol. The predicted octanol–water partition coefficient (Wildman–Crippen LogP) is 4.85. The standard InChI is InChI=1S/C27H28N6O/c1-18-20(15-28)4-3-5-22(18)19(2)30-25-23-14-21(32-16-27(17-32)8-12-34-13-9-27)6-7-24(23)33-11-10-29-26(33)31-25/h3-7,10-11,14,19H,8-9,12-13,16-17H2,1-2H3,(H,29,30,31)/t19-/m1/s1. The van der Waals surface area contributed by atoms with Crippen molar-refractivity contribution in [1.29, 1.82) is 5.26 Å². The average molecular weight is 453 g/mol. The Hall–Kier alpha value is -3.63. The van der Waals surface area contributed by atoms with E-state index in [1.165, 1.54) is 5.69 Å². The second-order valence-corrected chi connectivity index (χ2v) is 9.73. The molecule has 6 rings (SSSR count). The molecule has 172 valence electrons. The molecule has 0 saturated carbocycles. The lowest BCUT2D eigenvalue weighted by Gasteiger charge is -2.53. The van der Waals surface area contributed by atoms with E-state index in [-0.39, 0.29) is 6.04 Å². The van der Waals surface area contributed by atoms with Crippen molar-refractivity contribution in [2.45, 2.75) is 32.7 Å². The molecule has 1 spiro atoms. The maximum atomic E-state index is 9.45. The van der Waals surface area contributed by atoms with Crippen LogP contribution in [-0.2, 0) is 4.74 Å². The number of imidazole rings is 1. The van der Waals surface area contributed by atoms with Crippen LogP contribution < -0.4 is 10.2 Å². The van der Waals surface area contributed by atoms with Gasteiger partial charge in [0.25, 0.3) is 0 Å². The van der Waals surface area contributed by atoms with Gasteiger partial charge in [0, 0.05) is 55.2 Å². The number of nitrogens with zero attached hydrogens (tertiary/aromatic N) is 5. The third-order valence-corrected chi connectivity index (χ3v) is 7.61. The summed E-state index contributed by atoms with van der Waals surface area (Å²) in [4.78, 5) is 11.8. The van der Waals surface area contributed by atoms with Crippen molar-refractivity contribution in [1.82, 2.24) is 14.4 Å². The third kappa shape index (κ3) is 3.37. The van der Waals surface area contributed by atoms with Crippen LogP contribution in [0.25, 0.3) is 16.7 Å². The Morgan fingerprint density at radius 3 is 2.79 bits per heavy atom. The highest BCUT2D eigenvalue weighted by Crippen LogP contribution is 2.43. The van der Waals surface area contributed by atoms with Crippen LogP contribution in [0.3, 0.4) is 0 Å². The molecule has 2 aliphatic rings. The minimum absolute atomic E-state index is 0.0143. The minimum Gasteiger partial charge on any atom is -0.381 e. The second-order valence-electron chi connectivity index (χ2n) is 9.73. The fraction of sp³-hybridized carbons (Fsp3) is 0.370. The molecule has 1 atom stereocenters. The first-order valence-corrected chi connectivity index (χ1v) is 11.9. The van der Waals surface area contributed by atoms with Crippen molar-refractivity contribution in [3.8, 4) is 6.07 Å². The van der Waals surface area contributed by atoms with Gasteiger partial charge in [-0.1, -0.05) is 12.1 Å². The van der Waals surface area contributed by atoms with Gasteiger partial charge in [0.15, 0.2) is 0 Å². The zero-order chi connectivity index (χ0) is 23.3. The SMILES string of the molecule is Cc1c(C#N)cccc1[C@@H](C)Nc1nc2nccn2c2ccc(N3CC4(CCOCC4)C3)cc12. The summed E-state index contributed by atoms with van der Waals surface area (Å²) < 4.78 is 7.62. The van der Waals surface area contributed by atoms with Crippen LogP contribution in [0, 0.1) is 23.7 Å². The van der Waals surface area contributed by atoms with E-state index in [4.69, 9.17) is 9.72 Å². The van der Waals surface area contributed by atoms with Crippen LogP contribution in [0.4, 0.5) is 11.5 Å². The van der Waals surface area contributed by atoms with Gasteiger partial charge < -0.3 is 15.0 Å². The monoisotopic (exact) mass is 452 g/mol. The zero-order valence-corrected chi connectivity index (χ0v) is 19.6. The summed E-state index contributed by atoms with van der Waals surface area (Å²) in [6.45, 7) is 8.05. The molecule has 0 unspecified atom stereocenters. The Morgan fingerprint density at radius 2 is 2.00 bits per heavy atom. The highest BCUT2D eigenvalue weighted by Gasteiger charge is 2.43. The lowest BCUT2D eigenvalue weighted by atomic mass is 9.73. The molecule has 4 heterocycles. The van der Waals surface area contributed by atoms with E-state index < -0.39 is 0 Å². The summed E-state index contributed by atoms with van der Waals surface area (Å²) in [6.07, 6.45) is 6.05. The summed E-state index contributed by atoms with van der Waals surface area (Å²) in [7, 11) is 0. The van der Waals surface area contributed by atoms with Gasteiger partial charge in [-0.15, -0.1) is 0 Å². The molecule has 1 N–H and O–H groups in total. The summed E-state index contributed by atoms with van der Waals surface area (Å²) in [5.41, 5.74) is 5.51. The van der Waals surface area contributed by atoms with E-state index in [1.54, 1.807) is 6.20 Å². The molecule has 7 nitrogen and oxygen atoms in total. The summed E-state index contributed by atoms with van der Waals surface area (Å²) in [5.74, 6) is 1.48. The first-order chi connectivity index (χ1) is 16.6. The van der Waals surface area contributed by atoms with Gasteiger partial charge in [-0.05, 0) is 62.1 Å². The quantitative estimate of drug-likeness (QED) is 0.477. The van der Waals surface area contributed by atoms with Gasteiger partial charge in [0.2, 0.25) is 5.78 Å². The van der Waals surface area contributed by atoms with Gasteiger partial charge in [0.05, 0.1) is 23.2 Å². The smallest absolute Gasteiger partial charge is 0.236 e. The lowest BCUT2D eigenvalue weighted by Crippen LogP contribution is -2.58. The highest BCUT2D eigenvalue weighted by atomic mass is 16.5. The fourth-order valence-electron chi connectivity index (χ4n) is 5.55. The molecule has 0 amide bonds. The molecule has 34 heavy (non-hydrogen) atoms. The number of ether oxygens (including phenoxy) is 1. The van der Waals surface area contributed by atoms with Crippen LogP contribution in [0.1, 0.15) is 42.5 Å². The maximum Gasteiger partial charge on any atom is 0.236 e. The van der Waals surface area contributed by atoms with Crippen LogP contribution in [0.15, 0.2) is 48.8 Å². The molecule has 2 saturated heterocycles. The summed E-state index contributed by atoms with van der Waals surface area (Å²) >= 11 is 0. The molecule has 0 radical (unpaired) electrons. The first-order valence-electron chi connectivity index (χ1n) is 11.9. The van der Waals surface area contributed by atoms with E-state index in [1.807, 2.05) is 29.7 Å². The topological polar surface area (TPSA) is 78.5 Å². The summed E-state index contributed by atoms with van der Waals surface area (Å²) in [6, 6.07) is 14.8. The Bertz CT molecular complexity index is 1420. The molecule has 7 heteroatoms. The molecular weight excluding hydrogens is 424 g/mol. The largest absolute Gasteiger partial charge is 0.381 e. The molecule has 0 aliphatic carbocycles. The number of fused-ring (bicyclic) bond motifs is 3. The van der Waals surface area contributed by atoms with Crippen LogP contribution in [0.5, 0.6) is 0 Å². The van der Waals surface area contributed by atoms with Crippen molar-refractivity contribution < 1.29 is 4.74 Å². The van der Waals surface area contributed by atoms with Crippen LogP contribution in [0.2, 0.25) is 0 Å². The van der Waals surface area contributed by atoms with Gasteiger partial charge in [-0.3, -0.25) is 4.40 Å². The second kappa shape index (κ2) is 8.00. The van der Waals surface area contributed by atoms with Crippen LogP contribution in [-0.4, -0.2) is 40.7 Å². The van der Waals surface area contributed by atoms with Gasteiger partial charge in [-0.2, -0.15) is 10.2 Å². The highest BCUT2D eigenvalue weighted by molar-refractivity contribution is 5.94. The maximum absolute atomic E-state index is 9.45. The van der Waals surface area contributed by atoms with E-state index in [0.717, 1.165) is 67.0 Å². The van der Waals surface area contributed by atoms with Crippen molar-refractivity contribution in [3.63, 3.8) is 0 Å². The molecule has 0 bridgehead atoms. The first kappa shape index (κ1) is 20.9. The van der Waals surface area contributed by atoms with Gasteiger partial charge >= 0.3 is 0 Å². The molecule has 2 aliphatic heterocycles. The summed E-state index contributed by atoms with van der Waals surface area (Å²) in [5, 5.41) is 14.1. The number of benzene rings is 2. The number of rotatable bonds is 4. The Morgan fingerprint density at radius 1 is 1.18 bits per heavy atom. The molecule has 2 aromatic heterocycles. The van der Waals surface area contributed by atoms with E-state index in [2.05, 4.69) is 52.5 Å². The van der Waals surface area contributed by atoms with E-state index >= 15 is 0 Å².